The molecule has 0 aliphatic carbocycles. The molecule has 0 bridgehead atoms. The number of carbonyl (C=O) groups is 2. The van der Waals surface area contributed by atoms with Crippen LogP contribution in [0.15, 0.2) is 0 Å². The molecular formula is C19H34N4O3. The first-order chi connectivity index (χ1) is 12.5. The van der Waals surface area contributed by atoms with Crippen LogP contribution in [0.25, 0.3) is 0 Å². The summed E-state index contributed by atoms with van der Waals surface area (Å²) in [5.74, 6) is 1.49. The van der Waals surface area contributed by atoms with E-state index >= 15 is 0 Å². The molecular weight excluding hydrogens is 332 g/mol. The van der Waals surface area contributed by atoms with E-state index in [1.165, 1.54) is 6.42 Å². The minimum atomic E-state index is -0.326. The highest BCUT2D eigenvalue weighted by atomic mass is 16.5. The van der Waals surface area contributed by atoms with Crippen LogP contribution in [-0.2, 0) is 14.3 Å². The molecule has 3 saturated heterocycles. The fourth-order valence-electron chi connectivity index (χ4n) is 4.55. The molecule has 148 valence electrons. The van der Waals surface area contributed by atoms with E-state index in [0.29, 0.717) is 38.0 Å². The maximum Gasteiger partial charge on any atom is 0.251 e. The Bertz CT molecular complexity index is 497. The molecule has 2 amide bonds. The summed E-state index contributed by atoms with van der Waals surface area (Å²) in [5, 5.41) is 0. The van der Waals surface area contributed by atoms with E-state index < -0.39 is 0 Å². The van der Waals surface area contributed by atoms with Gasteiger partial charge in [-0.05, 0) is 31.1 Å². The number of piperidine rings is 1. The molecule has 0 spiro atoms. The van der Waals surface area contributed by atoms with Gasteiger partial charge in [-0.25, -0.2) is 0 Å². The van der Waals surface area contributed by atoms with Gasteiger partial charge in [0.1, 0.15) is 6.10 Å². The van der Waals surface area contributed by atoms with Crippen LogP contribution < -0.4 is 5.73 Å². The average Bonchev–Trinajstić information content (AvgIpc) is 3.10. The zero-order chi connectivity index (χ0) is 18.7. The molecule has 26 heavy (non-hydrogen) atoms. The average molecular weight is 367 g/mol. The fourth-order valence-corrected chi connectivity index (χ4v) is 4.55. The summed E-state index contributed by atoms with van der Waals surface area (Å²) in [6, 6.07) is 0. The van der Waals surface area contributed by atoms with Gasteiger partial charge in [-0.2, -0.15) is 0 Å². The van der Waals surface area contributed by atoms with E-state index in [0.717, 1.165) is 39.0 Å². The van der Waals surface area contributed by atoms with Gasteiger partial charge in [0.25, 0.3) is 5.91 Å². The predicted molar refractivity (Wildman–Crippen MR) is 99.5 cm³/mol. The lowest BCUT2D eigenvalue weighted by molar-refractivity contribution is -0.145. The zero-order valence-corrected chi connectivity index (χ0v) is 16.2. The molecule has 0 aromatic rings. The van der Waals surface area contributed by atoms with Crippen LogP contribution in [0.5, 0.6) is 0 Å². The van der Waals surface area contributed by atoms with E-state index in [-0.39, 0.29) is 24.0 Å². The normalized spacial score (nSPS) is 33.5. The second-order valence-electron chi connectivity index (χ2n) is 8.41. The molecule has 0 aromatic carbocycles. The SMILES string of the molecule is CC1CC(C)CN(C(=O)CN2CCN(C(=O)[C@@H]3CC[C@H](CN)O3)CC2)C1. The van der Waals surface area contributed by atoms with Crippen molar-refractivity contribution in [3.05, 3.63) is 0 Å². The highest BCUT2D eigenvalue weighted by Crippen LogP contribution is 2.22. The number of nitrogens with two attached hydrogens (primary N) is 1. The van der Waals surface area contributed by atoms with Crippen LogP contribution in [0.2, 0.25) is 0 Å². The maximum atomic E-state index is 12.6. The van der Waals surface area contributed by atoms with Crippen molar-refractivity contribution >= 4 is 11.8 Å². The third-order valence-corrected chi connectivity index (χ3v) is 5.91. The molecule has 2 N–H and O–H groups in total. The van der Waals surface area contributed by atoms with Gasteiger partial charge in [0.05, 0.1) is 12.6 Å². The molecule has 3 heterocycles. The molecule has 0 radical (unpaired) electrons. The van der Waals surface area contributed by atoms with E-state index in [4.69, 9.17) is 10.5 Å². The maximum absolute atomic E-state index is 12.6. The monoisotopic (exact) mass is 366 g/mol. The molecule has 3 fully saturated rings. The number of hydrogen-bond donors (Lipinski definition) is 1. The van der Waals surface area contributed by atoms with Crippen LogP contribution in [0.3, 0.4) is 0 Å². The van der Waals surface area contributed by atoms with Gasteiger partial charge in [0.2, 0.25) is 5.91 Å². The van der Waals surface area contributed by atoms with E-state index in [9.17, 15) is 9.59 Å². The molecule has 0 aromatic heterocycles. The Morgan fingerprint density at radius 1 is 1.00 bits per heavy atom. The van der Waals surface area contributed by atoms with Crippen LogP contribution in [0.1, 0.15) is 33.1 Å². The summed E-state index contributed by atoms with van der Waals surface area (Å²) in [4.78, 5) is 31.3. The largest absolute Gasteiger partial charge is 0.364 e. The third-order valence-electron chi connectivity index (χ3n) is 5.91. The lowest BCUT2D eigenvalue weighted by atomic mass is 9.92. The smallest absolute Gasteiger partial charge is 0.251 e. The number of amides is 2. The summed E-state index contributed by atoms with van der Waals surface area (Å²) in [6.07, 6.45) is 2.54. The molecule has 7 nitrogen and oxygen atoms in total. The van der Waals surface area contributed by atoms with Crippen molar-refractivity contribution in [2.45, 2.75) is 45.3 Å². The minimum absolute atomic E-state index is 0.0252. The summed E-state index contributed by atoms with van der Waals surface area (Å²) in [5.41, 5.74) is 5.63. The van der Waals surface area contributed by atoms with E-state index in [2.05, 4.69) is 18.7 Å². The van der Waals surface area contributed by atoms with Crippen LogP contribution >= 0.6 is 0 Å². The molecule has 7 heteroatoms. The van der Waals surface area contributed by atoms with Gasteiger partial charge in [-0.1, -0.05) is 13.8 Å². The summed E-state index contributed by atoms with van der Waals surface area (Å²) >= 11 is 0. The van der Waals surface area contributed by atoms with Gasteiger partial charge in [-0.15, -0.1) is 0 Å². The molecule has 4 atom stereocenters. The first kappa shape index (κ1) is 19.6. The lowest BCUT2D eigenvalue weighted by Gasteiger charge is -2.38. The number of hydrogen-bond acceptors (Lipinski definition) is 5. The predicted octanol–water partition coefficient (Wildman–Crippen LogP) is 0.141. The van der Waals surface area contributed by atoms with Crippen molar-refractivity contribution in [2.24, 2.45) is 17.6 Å². The molecule has 3 rings (SSSR count). The summed E-state index contributed by atoms with van der Waals surface area (Å²) in [7, 11) is 0. The van der Waals surface area contributed by atoms with Crippen molar-refractivity contribution in [1.29, 1.82) is 0 Å². The summed E-state index contributed by atoms with van der Waals surface area (Å²) < 4.78 is 5.73. The number of ether oxygens (including phenoxy) is 1. The van der Waals surface area contributed by atoms with Crippen LogP contribution in [0.4, 0.5) is 0 Å². The molecule has 3 aliphatic heterocycles. The Labute approximate surface area is 156 Å². The van der Waals surface area contributed by atoms with Gasteiger partial charge in [0, 0.05) is 45.8 Å². The van der Waals surface area contributed by atoms with Crippen LogP contribution in [0, 0.1) is 11.8 Å². The van der Waals surface area contributed by atoms with Gasteiger partial charge in [0.15, 0.2) is 0 Å². The Morgan fingerprint density at radius 2 is 1.65 bits per heavy atom. The number of rotatable bonds is 4. The highest BCUT2D eigenvalue weighted by molar-refractivity contribution is 5.81. The third kappa shape index (κ3) is 4.75. The quantitative estimate of drug-likeness (QED) is 0.766. The molecule has 2 unspecified atom stereocenters. The molecule has 3 aliphatic rings. The zero-order valence-electron chi connectivity index (χ0n) is 16.2. The Kier molecular flexibility index (Phi) is 6.53. The van der Waals surface area contributed by atoms with Crippen molar-refractivity contribution in [2.75, 3.05) is 52.4 Å². The van der Waals surface area contributed by atoms with E-state index in [1.54, 1.807) is 0 Å². The van der Waals surface area contributed by atoms with Gasteiger partial charge < -0.3 is 20.3 Å². The minimum Gasteiger partial charge on any atom is -0.364 e. The Balaban J connectivity index is 1.42. The van der Waals surface area contributed by atoms with Gasteiger partial charge in [-0.3, -0.25) is 14.5 Å². The first-order valence-electron chi connectivity index (χ1n) is 10.1. The Hall–Kier alpha value is -1.18. The van der Waals surface area contributed by atoms with Crippen molar-refractivity contribution in [3.8, 4) is 0 Å². The number of piperazine rings is 1. The second-order valence-corrected chi connectivity index (χ2v) is 8.41. The number of carbonyl (C=O) groups excluding carboxylic acids is 2. The van der Waals surface area contributed by atoms with E-state index in [1.807, 2.05) is 9.80 Å². The number of nitrogens with zero attached hydrogens (tertiary/aromatic N) is 3. The standard InChI is InChI=1S/C19H34N4O3/c1-14-9-15(2)12-23(11-14)18(24)13-21-5-7-22(8-6-21)19(25)17-4-3-16(10-20)26-17/h14-17H,3-13,20H2,1-2H3/t14?,15?,16-,17+/m1/s1. The van der Waals surface area contributed by atoms with Crippen LogP contribution in [-0.4, -0.2) is 91.1 Å². The topological polar surface area (TPSA) is 79.1 Å². The van der Waals surface area contributed by atoms with Gasteiger partial charge >= 0.3 is 0 Å². The van der Waals surface area contributed by atoms with Crippen molar-refractivity contribution in [3.63, 3.8) is 0 Å². The molecule has 0 saturated carbocycles. The fraction of sp³-hybridized carbons (Fsp3) is 0.895. The second kappa shape index (κ2) is 8.67. The first-order valence-corrected chi connectivity index (χ1v) is 10.1. The number of likely N-dealkylation sites (tertiary alicyclic amines) is 1. The Morgan fingerprint density at radius 3 is 2.23 bits per heavy atom. The van der Waals surface area contributed by atoms with Crippen molar-refractivity contribution in [1.82, 2.24) is 14.7 Å². The van der Waals surface area contributed by atoms with Crippen molar-refractivity contribution < 1.29 is 14.3 Å². The lowest BCUT2D eigenvalue weighted by Crippen LogP contribution is -2.54. The summed E-state index contributed by atoms with van der Waals surface area (Å²) in [6.45, 7) is 10.0. The highest BCUT2D eigenvalue weighted by Gasteiger charge is 2.34.